The van der Waals surface area contributed by atoms with Crippen molar-refractivity contribution in [2.75, 3.05) is 33.4 Å². The van der Waals surface area contributed by atoms with E-state index in [1.807, 2.05) is 6.07 Å². The van der Waals surface area contributed by atoms with Gasteiger partial charge < -0.3 is 29.0 Å². The number of benzene rings is 2. The fourth-order valence-electron chi connectivity index (χ4n) is 3.05. The van der Waals surface area contributed by atoms with Gasteiger partial charge in [-0.05, 0) is 30.2 Å². The average molecular weight is 373 g/mol. The number of rotatable bonds is 7. The average Bonchev–Trinajstić information content (AvgIpc) is 3.14. The van der Waals surface area contributed by atoms with Gasteiger partial charge in [0.15, 0.2) is 23.0 Å². The number of hydrogen-bond acceptors (Lipinski definition) is 6. The number of amides is 1. The number of ether oxygens (including phenoxy) is 5. The van der Waals surface area contributed by atoms with E-state index in [-0.39, 0.29) is 12.7 Å². The molecular formula is C20H23NO6. The van der Waals surface area contributed by atoms with Crippen molar-refractivity contribution in [1.82, 2.24) is 0 Å². The van der Waals surface area contributed by atoms with Gasteiger partial charge in [0.25, 0.3) is 5.91 Å². The number of hydrogen-bond donors (Lipinski definition) is 1. The molecule has 2 aromatic carbocycles. The molecule has 1 heterocycles. The lowest BCUT2D eigenvalue weighted by Gasteiger charge is -2.16. The number of carbonyl (C=O) groups is 1. The summed E-state index contributed by atoms with van der Waals surface area (Å²) in [7, 11) is 4.51. The van der Waals surface area contributed by atoms with Gasteiger partial charge in [0, 0.05) is 11.8 Å². The van der Waals surface area contributed by atoms with Gasteiger partial charge in [-0.2, -0.15) is 0 Å². The Bertz CT molecular complexity index is 849. The summed E-state index contributed by atoms with van der Waals surface area (Å²) in [5.41, 5.74) is 2.01. The van der Waals surface area contributed by atoms with Crippen molar-refractivity contribution in [3.8, 4) is 28.7 Å². The summed E-state index contributed by atoms with van der Waals surface area (Å²) in [6.07, 6.45) is 1.73. The lowest BCUT2D eigenvalue weighted by Crippen LogP contribution is -2.15. The predicted octanol–water partition coefficient (Wildman–Crippen LogP) is 3.65. The van der Waals surface area contributed by atoms with Gasteiger partial charge in [-0.3, -0.25) is 4.79 Å². The quantitative estimate of drug-likeness (QED) is 0.799. The van der Waals surface area contributed by atoms with Crippen molar-refractivity contribution in [1.29, 1.82) is 0 Å². The lowest BCUT2D eigenvalue weighted by atomic mass is 10.1. The molecule has 0 bridgehead atoms. The first kappa shape index (κ1) is 18.7. The molecule has 0 saturated heterocycles. The standard InChI is InChI=1S/C20H23NO6/c1-5-6-12-9-16-17(27-11-26-16)10-14(12)21-20(22)13-7-8-15(23-2)19(25-4)18(13)24-3/h7-10H,5-6,11H2,1-4H3,(H,21,22). The Kier molecular flexibility index (Phi) is 5.59. The number of nitrogens with one attached hydrogen (secondary N) is 1. The van der Waals surface area contributed by atoms with Crippen molar-refractivity contribution in [3.63, 3.8) is 0 Å². The molecule has 27 heavy (non-hydrogen) atoms. The van der Waals surface area contributed by atoms with Crippen LogP contribution >= 0.6 is 0 Å². The van der Waals surface area contributed by atoms with Crippen LogP contribution in [0, 0.1) is 0 Å². The molecule has 1 aliphatic rings. The summed E-state index contributed by atoms with van der Waals surface area (Å²) < 4.78 is 26.9. The smallest absolute Gasteiger partial charge is 0.259 e. The van der Waals surface area contributed by atoms with Crippen molar-refractivity contribution >= 4 is 11.6 Å². The van der Waals surface area contributed by atoms with Crippen LogP contribution < -0.4 is 29.0 Å². The van der Waals surface area contributed by atoms with E-state index in [0.29, 0.717) is 40.0 Å². The van der Waals surface area contributed by atoms with Gasteiger partial charge in [0.05, 0.1) is 26.9 Å². The van der Waals surface area contributed by atoms with Gasteiger partial charge in [0.1, 0.15) is 0 Å². The normalized spacial score (nSPS) is 11.9. The Labute approximate surface area is 158 Å². The number of methoxy groups -OCH3 is 3. The topological polar surface area (TPSA) is 75.3 Å². The van der Waals surface area contributed by atoms with Crippen LogP contribution in [0.2, 0.25) is 0 Å². The van der Waals surface area contributed by atoms with E-state index >= 15 is 0 Å². The highest BCUT2D eigenvalue weighted by Gasteiger charge is 2.23. The van der Waals surface area contributed by atoms with Gasteiger partial charge in [-0.15, -0.1) is 0 Å². The van der Waals surface area contributed by atoms with E-state index in [0.717, 1.165) is 18.4 Å². The molecule has 0 unspecified atom stereocenters. The van der Waals surface area contributed by atoms with Crippen LogP contribution in [-0.2, 0) is 6.42 Å². The Balaban J connectivity index is 1.96. The first-order chi connectivity index (χ1) is 13.1. The Hall–Kier alpha value is -3.09. The molecule has 0 saturated carbocycles. The highest BCUT2D eigenvalue weighted by atomic mass is 16.7. The Morgan fingerprint density at radius 3 is 2.37 bits per heavy atom. The molecule has 7 heteroatoms. The highest BCUT2D eigenvalue weighted by Crippen LogP contribution is 2.41. The molecule has 144 valence electrons. The lowest BCUT2D eigenvalue weighted by molar-refractivity contribution is 0.102. The minimum absolute atomic E-state index is 0.182. The zero-order valence-electron chi connectivity index (χ0n) is 15.9. The molecule has 0 radical (unpaired) electrons. The SMILES string of the molecule is CCCc1cc2c(cc1NC(=O)c1ccc(OC)c(OC)c1OC)OCO2. The van der Waals surface area contributed by atoms with E-state index in [1.54, 1.807) is 18.2 Å². The molecule has 1 N–H and O–H groups in total. The third kappa shape index (κ3) is 3.58. The van der Waals surface area contributed by atoms with E-state index in [4.69, 9.17) is 23.7 Å². The largest absolute Gasteiger partial charge is 0.493 e. The molecule has 2 aromatic rings. The molecule has 3 rings (SSSR count). The maximum absolute atomic E-state index is 13.0. The van der Waals surface area contributed by atoms with Crippen LogP contribution in [0.1, 0.15) is 29.3 Å². The predicted molar refractivity (Wildman–Crippen MR) is 101 cm³/mol. The number of anilines is 1. The van der Waals surface area contributed by atoms with Gasteiger partial charge in [-0.25, -0.2) is 0 Å². The molecule has 0 fully saturated rings. The zero-order valence-corrected chi connectivity index (χ0v) is 15.9. The van der Waals surface area contributed by atoms with Crippen LogP contribution in [0.4, 0.5) is 5.69 Å². The van der Waals surface area contributed by atoms with Crippen molar-refractivity contribution in [3.05, 3.63) is 35.4 Å². The summed E-state index contributed by atoms with van der Waals surface area (Å²) in [6, 6.07) is 7.01. The van der Waals surface area contributed by atoms with Crippen molar-refractivity contribution in [2.24, 2.45) is 0 Å². The first-order valence-corrected chi connectivity index (χ1v) is 8.65. The maximum Gasteiger partial charge on any atom is 0.259 e. The molecule has 0 atom stereocenters. The Morgan fingerprint density at radius 2 is 1.74 bits per heavy atom. The third-order valence-electron chi connectivity index (χ3n) is 4.31. The molecule has 1 aliphatic heterocycles. The summed E-state index contributed by atoms with van der Waals surface area (Å²) in [6.45, 7) is 2.26. The zero-order chi connectivity index (χ0) is 19.4. The van der Waals surface area contributed by atoms with Crippen LogP contribution in [-0.4, -0.2) is 34.0 Å². The Morgan fingerprint density at radius 1 is 1.04 bits per heavy atom. The van der Waals surface area contributed by atoms with Gasteiger partial charge in [-0.1, -0.05) is 13.3 Å². The molecule has 0 aliphatic carbocycles. The summed E-state index contributed by atoms with van der Waals surface area (Å²) in [5.74, 6) is 2.16. The second-order valence-corrected chi connectivity index (χ2v) is 5.95. The summed E-state index contributed by atoms with van der Waals surface area (Å²) in [5, 5.41) is 2.95. The van der Waals surface area contributed by atoms with Crippen LogP contribution in [0.15, 0.2) is 24.3 Å². The van der Waals surface area contributed by atoms with Crippen molar-refractivity contribution in [2.45, 2.75) is 19.8 Å². The fraction of sp³-hybridized carbons (Fsp3) is 0.350. The second kappa shape index (κ2) is 8.07. The fourth-order valence-corrected chi connectivity index (χ4v) is 3.05. The highest BCUT2D eigenvalue weighted by molar-refractivity contribution is 6.07. The van der Waals surface area contributed by atoms with Crippen molar-refractivity contribution < 1.29 is 28.5 Å². The number of carbonyl (C=O) groups excluding carboxylic acids is 1. The second-order valence-electron chi connectivity index (χ2n) is 5.95. The third-order valence-corrected chi connectivity index (χ3v) is 4.31. The maximum atomic E-state index is 13.0. The minimum atomic E-state index is -0.316. The summed E-state index contributed by atoms with van der Waals surface area (Å²) >= 11 is 0. The number of fused-ring (bicyclic) bond motifs is 1. The molecule has 1 amide bonds. The van der Waals surface area contributed by atoms with E-state index in [2.05, 4.69) is 12.2 Å². The summed E-state index contributed by atoms with van der Waals surface area (Å²) in [4.78, 5) is 13.0. The van der Waals surface area contributed by atoms with Crippen LogP contribution in [0.3, 0.4) is 0 Å². The van der Waals surface area contributed by atoms with Gasteiger partial charge >= 0.3 is 0 Å². The first-order valence-electron chi connectivity index (χ1n) is 8.65. The monoisotopic (exact) mass is 373 g/mol. The minimum Gasteiger partial charge on any atom is -0.493 e. The molecule has 7 nitrogen and oxygen atoms in total. The van der Waals surface area contributed by atoms with E-state index in [1.165, 1.54) is 21.3 Å². The van der Waals surface area contributed by atoms with Gasteiger partial charge in [0.2, 0.25) is 12.5 Å². The van der Waals surface area contributed by atoms with Crippen LogP contribution in [0.5, 0.6) is 28.7 Å². The number of aryl methyl sites for hydroxylation is 1. The molecular weight excluding hydrogens is 350 g/mol. The molecule has 0 spiro atoms. The van der Waals surface area contributed by atoms with Crippen LogP contribution in [0.25, 0.3) is 0 Å². The van der Waals surface area contributed by atoms with E-state index in [9.17, 15) is 4.79 Å². The van der Waals surface area contributed by atoms with E-state index < -0.39 is 0 Å². The molecule has 0 aromatic heterocycles.